The molecule has 0 saturated heterocycles. The largest absolute Gasteiger partial charge is 0.489 e. The van der Waals surface area contributed by atoms with Gasteiger partial charge in [-0.25, -0.2) is 14.8 Å². The number of rotatable bonds is 8. The smallest absolute Gasteiger partial charge is 0.252 e. The molecule has 0 aliphatic heterocycles. The highest BCUT2D eigenvalue weighted by Crippen LogP contribution is 2.14. The van der Waals surface area contributed by atoms with Gasteiger partial charge in [0.2, 0.25) is 5.95 Å². The van der Waals surface area contributed by atoms with Crippen LogP contribution in [0.4, 0.5) is 10.3 Å². The summed E-state index contributed by atoms with van der Waals surface area (Å²) < 4.78 is 18.6. The lowest BCUT2D eigenvalue weighted by Crippen LogP contribution is -2.11. The maximum absolute atomic E-state index is 12.9. The van der Waals surface area contributed by atoms with Crippen LogP contribution in [0.3, 0.4) is 0 Å². The van der Waals surface area contributed by atoms with Crippen molar-refractivity contribution in [3.63, 3.8) is 0 Å². The van der Waals surface area contributed by atoms with Gasteiger partial charge in [-0.3, -0.25) is 9.78 Å². The van der Waals surface area contributed by atoms with Gasteiger partial charge in [-0.15, -0.1) is 0 Å². The number of hydrogen-bond acceptors (Lipinski definition) is 5. The molecule has 0 amide bonds. The average molecular weight is 380 g/mol. The molecule has 0 bridgehead atoms. The summed E-state index contributed by atoms with van der Waals surface area (Å²) in [5.41, 5.74) is 5.01. The van der Waals surface area contributed by atoms with E-state index < -0.39 is 0 Å². The van der Waals surface area contributed by atoms with Crippen LogP contribution in [0.2, 0.25) is 0 Å². The third kappa shape index (κ3) is 5.77. The van der Waals surface area contributed by atoms with Crippen molar-refractivity contribution in [2.45, 2.75) is 26.4 Å². The van der Waals surface area contributed by atoms with Gasteiger partial charge in [-0.2, -0.15) is 5.10 Å². The topological polar surface area (TPSA) is 79.4 Å². The molecule has 1 heterocycles. The fraction of sp³-hybridized carbons (Fsp3) is 0.190. The monoisotopic (exact) mass is 380 g/mol. The highest BCUT2D eigenvalue weighted by Gasteiger charge is 2.00. The molecule has 0 fully saturated rings. The molecule has 0 spiro atoms. The summed E-state index contributed by atoms with van der Waals surface area (Å²) in [6, 6.07) is 15.1. The number of halogens is 1. The van der Waals surface area contributed by atoms with Crippen molar-refractivity contribution < 1.29 is 9.13 Å². The van der Waals surface area contributed by atoms with Gasteiger partial charge in [-0.05, 0) is 53.9 Å². The number of aryl methyl sites for hydroxylation is 1. The van der Waals surface area contributed by atoms with Gasteiger partial charge < -0.3 is 4.74 Å². The molecule has 2 aromatic carbocycles. The standard InChI is InChI=1S/C21H21FN4O2/c1-2-3-18-12-20(27)25-21(24-18)26-23-13-15-6-10-19(11-7-15)28-14-16-4-8-17(22)9-5-16/h4-13H,2-3,14H2,1H3,(H2,24,25,26,27)/b23-13+. The summed E-state index contributed by atoms with van der Waals surface area (Å²) in [4.78, 5) is 18.5. The molecule has 0 aliphatic rings. The first-order valence-corrected chi connectivity index (χ1v) is 8.99. The van der Waals surface area contributed by atoms with Crippen molar-refractivity contribution in [1.82, 2.24) is 9.97 Å². The highest BCUT2D eigenvalue weighted by atomic mass is 19.1. The molecule has 0 aliphatic carbocycles. The minimum Gasteiger partial charge on any atom is -0.489 e. The summed E-state index contributed by atoms with van der Waals surface area (Å²) in [6.45, 7) is 2.39. The van der Waals surface area contributed by atoms with Crippen molar-refractivity contribution in [2.24, 2.45) is 5.10 Å². The Bertz CT molecular complexity index is 983. The van der Waals surface area contributed by atoms with Crippen LogP contribution in [0, 0.1) is 5.82 Å². The van der Waals surface area contributed by atoms with Crippen LogP contribution in [0.5, 0.6) is 5.75 Å². The fourth-order valence-electron chi connectivity index (χ4n) is 2.51. The first-order valence-electron chi connectivity index (χ1n) is 8.99. The predicted molar refractivity (Wildman–Crippen MR) is 107 cm³/mol. The van der Waals surface area contributed by atoms with Gasteiger partial charge in [0.1, 0.15) is 18.2 Å². The zero-order chi connectivity index (χ0) is 19.8. The van der Waals surface area contributed by atoms with Crippen LogP contribution in [-0.4, -0.2) is 16.2 Å². The molecule has 0 radical (unpaired) electrons. The van der Waals surface area contributed by atoms with Crippen LogP contribution in [0.15, 0.2) is 64.5 Å². The number of hydrogen-bond donors (Lipinski definition) is 2. The van der Waals surface area contributed by atoms with Gasteiger partial charge in [0.15, 0.2) is 0 Å². The normalized spacial score (nSPS) is 10.9. The molecule has 3 aromatic rings. The molecule has 2 N–H and O–H groups in total. The van der Waals surface area contributed by atoms with E-state index in [1.165, 1.54) is 18.2 Å². The Morgan fingerprint density at radius 1 is 1.18 bits per heavy atom. The Labute approximate surface area is 162 Å². The number of benzene rings is 2. The highest BCUT2D eigenvalue weighted by molar-refractivity contribution is 5.80. The Hall–Kier alpha value is -3.48. The van der Waals surface area contributed by atoms with Gasteiger partial charge >= 0.3 is 0 Å². The molecule has 0 saturated carbocycles. The number of nitrogens with one attached hydrogen (secondary N) is 2. The van der Waals surface area contributed by atoms with Crippen LogP contribution < -0.4 is 15.7 Å². The first kappa shape index (κ1) is 19.3. The molecule has 3 rings (SSSR count). The van der Waals surface area contributed by atoms with E-state index in [9.17, 15) is 9.18 Å². The Balaban J connectivity index is 1.55. The summed E-state index contributed by atoms with van der Waals surface area (Å²) in [6.07, 6.45) is 3.27. The number of hydrazone groups is 1. The van der Waals surface area contributed by atoms with E-state index in [2.05, 4.69) is 20.5 Å². The fourth-order valence-corrected chi connectivity index (χ4v) is 2.51. The van der Waals surface area contributed by atoms with Gasteiger partial charge in [0.05, 0.1) is 6.21 Å². The zero-order valence-corrected chi connectivity index (χ0v) is 15.5. The maximum atomic E-state index is 12.9. The van der Waals surface area contributed by atoms with Crippen molar-refractivity contribution in [1.29, 1.82) is 0 Å². The molecule has 0 atom stereocenters. The van der Waals surface area contributed by atoms with Crippen LogP contribution in [0.1, 0.15) is 30.2 Å². The van der Waals surface area contributed by atoms with Crippen molar-refractivity contribution in [3.8, 4) is 5.75 Å². The molecular weight excluding hydrogens is 359 g/mol. The lowest BCUT2D eigenvalue weighted by atomic mass is 10.2. The van der Waals surface area contributed by atoms with E-state index >= 15 is 0 Å². The number of aromatic amines is 1. The SMILES string of the molecule is CCCc1cc(=O)[nH]c(N/N=C/c2ccc(OCc3ccc(F)cc3)cc2)n1. The predicted octanol–water partition coefficient (Wildman–Crippen LogP) is 3.89. The molecule has 6 nitrogen and oxygen atoms in total. The van der Waals surface area contributed by atoms with E-state index in [4.69, 9.17) is 4.74 Å². The van der Waals surface area contributed by atoms with Crippen LogP contribution >= 0.6 is 0 Å². The van der Waals surface area contributed by atoms with Crippen molar-refractivity contribution in [2.75, 3.05) is 5.43 Å². The lowest BCUT2D eigenvalue weighted by molar-refractivity contribution is 0.306. The van der Waals surface area contributed by atoms with E-state index in [1.54, 1.807) is 18.3 Å². The minimum absolute atomic E-state index is 0.209. The van der Waals surface area contributed by atoms with Crippen molar-refractivity contribution in [3.05, 3.63) is 87.6 Å². The number of nitrogens with zero attached hydrogens (tertiary/aromatic N) is 2. The van der Waals surface area contributed by atoms with E-state index in [1.807, 2.05) is 31.2 Å². The Morgan fingerprint density at radius 2 is 1.93 bits per heavy atom. The lowest BCUT2D eigenvalue weighted by Gasteiger charge is -2.06. The quantitative estimate of drug-likeness (QED) is 0.459. The average Bonchev–Trinajstić information content (AvgIpc) is 2.68. The summed E-state index contributed by atoms with van der Waals surface area (Å²) in [5.74, 6) is 0.747. The second-order valence-electron chi connectivity index (χ2n) is 6.19. The number of H-pyrrole nitrogens is 1. The van der Waals surface area contributed by atoms with Gasteiger partial charge in [-0.1, -0.05) is 25.5 Å². The minimum atomic E-state index is -0.266. The van der Waals surface area contributed by atoms with Gasteiger partial charge in [0, 0.05) is 11.8 Å². The number of aromatic nitrogens is 2. The van der Waals surface area contributed by atoms with Crippen LogP contribution in [0.25, 0.3) is 0 Å². The summed E-state index contributed by atoms with van der Waals surface area (Å²) >= 11 is 0. The third-order valence-electron chi connectivity index (χ3n) is 3.88. The third-order valence-corrected chi connectivity index (χ3v) is 3.88. The Morgan fingerprint density at radius 3 is 2.64 bits per heavy atom. The molecular formula is C21H21FN4O2. The molecule has 1 aromatic heterocycles. The molecule has 0 unspecified atom stereocenters. The zero-order valence-electron chi connectivity index (χ0n) is 15.5. The summed E-state index contributed by atoms with van der Waals surface area (Å²) in [5, 5.41) is 4.10. The van der Waals surface area contributed by atoms with E-state index in [0.717, 1.165) is 29.7 Å². The Kier molecular flexibility index (Phi) is 6.51. The van der Waals surface area contributed by atoms with Gasteiger partial charge in [0.25, 0.3) is 5.56 Å². The second-order valence-corrected chi connectivity index (χ2v) is 6.19. The maximum Gasteiger partial charge on any atom is 0.252 e. The molecule has 7 heteroatoms. The van der Waals surface area contributed by atoms with E-state index in [-0.39, 0.29) is 11.4 Å². The number of ether oxygens (including phenoxy) is 1. The van der Waals surface area contributed by atoms with E-state index in [0.29, 0.717) is 18.3 Å². The first-order chi connectivity index (χ1) is 13.6. The molecule has 144 valence electrons. The number of anilines is 1. The molecule has 28 heavy (non-hydrogen) atoms. The second kappa shape index (κ2) is 9.45. The van der Waals surface area contributed by atoms with Crippen LogP contribution in [-0.2, 0) is 13.0 Å². The van der Waals surface area contributed by atoms with Crippen molar-refractivity contribution >= 4 is 12.2 Å². The summed E-state index contributed by atoms with van der Waals surface area (Å²) in [7, 11) is 0.